The standard InChI is InChI=1S/C29H32N2O/c1-21-10-9-11-22(2)26(21)28(32)30-27(24-14-7-4-8-15-24)29-18-16-25(17-19-29)31(29)20-23-12-5-3-6-13-23/h3-15,25,27H,16-20H2,1-2H3,(H,30,32)/t25?,27-,29?/m1/s1. The Morgan fingerprint density at radius 1 is 0.906 bits per heavy atom. The molecule has 1 N–H and O–H groups in total. The van der Waals surface area contributed by atoms with Gasteiger partial charge in [0.15, 0.2) is 0 Å². The van der Waals surface area contributed by atoms with Gasteiger partial charge in [0.05, 0.1) is 6.04 Å². The minimum absolute atomic E-state index is 0.0357. The molecule has 1 amide bonds. The maximum Gasteiger partial charge on any atom is 0.252 e. The van der Waals surface area contributed by atoms with Crippen molar-refractivity contribution in [1.82, 2.24) is 10.2 Å². The Morgan fingerprint density at radius 2 is 1.50 bits per heavy atom. The van der Waals surface area contributed by atoms with Gasteiger partial charge in [-0.05, 0) is 61.8 Å². The van der Waals surface area contributed by atoms with Crippen LogP contribution in [0.4, 0.5) is 0 Å². The fraction of sp³-hybridized carbons (Fsp3) is 0.345. The van der Waals surface area contributed by atoms with Gasteiger partial charge in [0.25, 0.3) is 5.91 Å². The van der Waals surface area contributed by atoms with E-state index in [1.54, 1.807) is 0 Å². The Hall–Kier alpha value is -2.91. The van der Waals surface area contributed by atoms with Crippen LogP contribution in [0.5, 0.6) is 0 Å². The summed E-state index contributed by atoms with van der Waals surface area (Å²) < 4.78 is 0. The van der Waals surface area contributed by atoms with Crippen molar-refractivity contribution in [3.05, 3.63) is 107 Å². The largest absolute Gasteiger partial charge is 0.343 e. The first-order valence-electron chi connectivity index (χ1n) is 11.8. The zero-order valence-corrected chi connectivity index (χ0v) is 19.1. The van der Waals surface area contributed by atoms with E-state index in [-0.39, 0.29) is 17.5 Å². The topological polar surface area (TPSA) is 32.3 Å². The normalized spacial score (nSPS) is 23.2. The summed E-state index contributed by atoms with van der Waals surface area (Å²) in [4.78, 5) is 16.3. The van der Waals surface area contributed by atoms with Gasteiger partial charge in [0, 0.05) is 23.7 Å². The maximum absolute atomic E-state index is 13.6. The number of nitrogens with one attached hydrogen (secondary N) is 1. The molecule has 1 atom stereocenters. The van der Waals surface area contributed by atoms with E-state index in [9.17, 15) is 4.79 Å². The smallest absolute Gasteiger partial charge is 0.252 e. The van der Waals surface area contributed by atoms with Gasteiger partial charge >= 0.3 is 0 Å². The summed E-state index contributed by atoms with van der Waals surface area (Å²) >= 11 is 0. The lowest BCUT2D eigenvalue weighted by molar-refractivity contribution is 0.0757. The first-order chi connectivity index (χ1) is 15.6. The van der Waals surface area contributed by atoms with Crippen molar-refractivity contribution in [1.29, 1.82) is 0 Å². The van der Waals surface area contributed by atoms with E-state index >= 15 is 0 Å². The van der Waals surface area contributed by atoms with Gasteiger partial charge in [0.1, 0.15) is 0 Å². The molecule has 0 radical (unpaired) electrons. The number of nitrogens with zero attached hydrogens (tertiary/aromatic N) is 1. The third-order valence-electron chi connectivity index (χ3n) is 7.68. The van der Waals surface area contributed by atoms with E-state index in [0.29, 0.717) is 6.04 Å². The SMILES string of the molecule is Cc1cccc(C)c1C(=O)N[C@H](c1ccccc1)C12CCC(CC1)N2Cc1ccccc1. The molecular formula is C29H32N2O. The highest BCUT2D eigenvalue weighted by atomic mass is 16.1. The van der Waals surface area contributed by atoms with E-state index in [0.717, 1.165) is 36.1 Å². The molecule has 32 heavy (non-hydrogen) atoms. The van der Waals surface area contributed by atoms with E-state index in [1.807, 2.05) is 32.0 Å². The molecule has 0 unspecified atom stereocenters. The number of hydrogen-bond donors (Lipinski definition) is 1. The molecule has 3 aromatic rings. The summed E-state index contributed by atoms with van der Waals surface area (Å²) in [6.45, 7) is 5.00. The van der Waals surface area contributed by atoms with Crippen LogP contribution in [0.15, 0.2) is 78.9 Å². The van der Waals surface area contributed by atoms with E-state index in [2.05, 4.69) is 70.9 Å². The fourth-order valence-electron chi connectivity index (χ4n) is 6.14. The van der Waals surface area contributed by atoms with Gasteiger partial charge in [-0.1, -0.05) is 78.9 Å². The Morgan fingerprint density at radius 3 is 2.12 bits per heavy atom. The predicted octanol–water partition coefficient (Wildman–Crippen LogP) is 5.97. The number of carbonyl (C=O) groups excluding carboxylic acids is 1. The Bertz CT molecular complexity index is 1060. The molecule has 2 fully saturated rings. The second-order valence-corrected chi connectivity index (χ2v) is 9.53. The molecule has 2 saturated heterocycles. The molecule has 2 aliphatic rings. The summed E-state index contributed by atoms with van der Waals surface area (Å²) in [7, 11) is 0. The number of aryl methyl sites for hydroxylation is 2. The molecule has 3 aromatic carbocycles. The zero-order valence-electron chi connectivity index (χ0n) is 19.1. The van der Waals surface area contributed by atoms with Crippen LogP contribution < -0.4 is 5.32 Å². The van der Waals surface area contributed by atoms with Crippen LogP contribution in [0.1, 0.15) is 64.3 Å². The third kappa shape index (κ3) is 3.65. The number of benzene rings is 3. The summed E-state index contributed by atoms with van der Waals surface area (Å²) in [5.74, 6) is 0.0406. The van der Waals surface area contributed by atoms with Crippen LogP contribution in [0.2, 0.25) is 0 Å². The Balaban J connectivity index is 1.53. The average molecular weight is 425 g/mol. The maximum atomic E-state index is 13.6. The minimum atomic E-state index is -0.0475. The lowest BCUT2D eigenvalue weighted by atomic mass is 9.78. The quantitative estimate of drug-likeness (QED) is 0.529. The molecule has 0 aliphatic carbocycles. The molecule has 0 saturated carbocycles. The second-order valence-electron chi connectivity index (χ2n) is 9.53. The number of amides is 1. The van der Waals surface area contributed by atoms with Crippen molar-refractivity contribution < 1.29 is 4.79 Å². The Labute approximate surface area is 191 Å². The lowest BCUT2D eigenvalue weighted by Gasteiger charge is -2.42. The van der Waals surface area contributed by atoms with Crippen molar-refractivity contribution in [2.24, 2.45) is 0 Å². The summed E-state index contributed by atoms with van der Waals surface area (Å²) in [5, 5.41) is 3.53. The molecule has 5 rings (SSSR count). The minimum Gasteiger partial charge on any atom is -0.343 e. The van der Waals surface area contributed by atoms with E-state index in [4.69, 9.17) is 0 Å². The van der Waals surface area contributed by atoms with Gasteiger partial charge in [-0.2, -0.15) is 0 Å². The monoisotopic (exact) mass is 424 g/mol. The van der Waals surface area contributed by atoms with Crippen LogP contribution in [0, 0.1) is 13.8 Å². The lowest BCUT2D eigenvalue weighted by Crippen LogP contribution is -2.52. The highest BCUT2D eigenvalue weighted by Gasteiger charge is 2.56. The molecule has 0 aromatic heterocycles. The number of hydrogen-bond acceptors (Lipinski definition) is 2. The zero-order chi connectivity index (χ0) is 22.1. The number of carbonyl (C=O) groups is 1. The highest BCUT2D eigenvalue weighted by Crippen LogP contribution is 2.53. The van der Waals surface area contributed by atoms with Crippen LogP contribution >= 0.6 is 0 Å². The van der Waals surface area contributed by atoms with E-state index < -0.39 is 0 Å². The average Bonchev–Trinajstić information content (AvgIpc) is 3.33. The van der Waals surface area contributed by atoms with Crippen LogP contribution in [0.25, 0.3) is 0 Å². The molecular weight excluding hydrogens is 392 g/mol. The van der Waals surface area contributed by atoms with Crippen molar-refractivity contribution >= 4 is 5.91 Å². The summed E-state index contributed by atoms with van der Waals surface area (Å²) in [6.07, 6.45) is 4.65. The number of fused-ring (bicyclic) bond motifs is 2. The molecule has 3 heteroatoms. The molecule has 3 nitrogen and oxygen atoms in total. The molecule has 2 aliphatic heterocycles. The van der Waals surface area contributed by atoms with Crippen LogP contribution in [-0.4, -0.2) is 22.4 Å². The van der Waals surface area contributed by atoms with Crippen LogP contribution in [-0.2, 0) is 6.54 Å². The van der Waals surface area contributed by atoms with Gasteiger partial charge in [0.2, 0.25) is 0 Å². The first kappa shape index (κ1) is 21.0. The molecule has 164 valence electrons. The Kier molecular flexibility index (Phi) is 5.60. The van der Waals surface area contributed by atoms with Gasteiger partial charge in [-0.3, -0.25) is 9.69 Å². The van der Waals surface area contributed by atoms with Gasteiger partial charge in [-0.15, -0.1) is 0 Å². The first-order valence-corrected chi connectivity index (χ1v) is 11.8. The highest BCUT2D eigenvalue weighted by molar-refractivity contribution is 5.97. The van der Waals surface area contributed by atoms with Crippen LogP contribution in [0.3, 0.4) is 0 Å². The van der Waals surface area contributed by atoms with E-state index in [1.165, 1.54) is 24.0 Å². The van der Waals surface area contributed by atoms with Gasteiger partial charge < -0.3 is 5.32 Å². The molecule has 0 spiro atoms. The van der Waals surface area contributed by atoms with Crippen molar-refractivity contribution in [3.8, 4) is 0 Å². The predicted molar refractivity (Wildman–Crippen MR) is 130 cm³/mol. The van der Waals surface area contributed by atoms with Crippen molar-refractivity contribution in [2.45, 2.75) is 63.7 Å². The molecule has 2 heterocycles. The third-order valence-corrected chi connectivity index (χ3v) is 7.68. The molecule has 2 bridgehead atoms. The second kappa shape index (κ2) is 8.55. The fourth-order valence-corrected chi connectivity index (χ4v) is 6.14. The summed E-state index contributed by atoms with van der Waals surface area (Å²) in [6, 6.07) is 28.0. The summed E-state index contributed by atoms with van der Waals surface area (Å²) in [5.41, 5.74) is 5.37. The van der Waals surface area contributed by atoms with Gasteiger partial charge in [-0.25, -0.2) is 0 Å². The number of rotatable bonds is 6. The van der Waals surface area contributed by atoms with Crippen molar-refractivity contribution in [3.63, 3.8) is 0 Å². The van der Waals surface area contributed by atoms with Crippen molar-refractivity contribution in [2.75, 3.05) is 0 Å².